The zero-order valence-electron chi connectivity index (χ0n) is 11.1. The van der Waals surface area contributed by atoms with E-state index in [0.29, 0.717) is 6.04 Å². The van der Waals surface area contributed by atoms with Crippen molar-refractivity contribution in [2.45, 2.75) is 30.3 Å². The summed E-state index contributed by atoms with van der Waals surface area (Å²) in [5.74, 6) is 0.917. The monoisotopic (exact) mass is 262 g/mol. The van der Waals surface area contributed by atoms with E-state index in [1.54, 1.807) is 11.8 Å². The molecular formula is C15H22N2S. The maximum atomic E-state index is 3.76. The highest BCUT2D eigenvalue weighted by atomic mass is 32.2. The summed E-state index contributed by atoms with van der Waals surface area (Å²) < 4.78 is 0. The van der Waals surface area contributed by atoms with Crippen LogP contribution in [0.15, 0.2) is 29.2 Å². The smallest absolute Gasteiger partial charge is 0.0227 e. The molecule has 1 aromatic carbocycles. The van der Waals surface area contributed by atoms with Gasteiger partial charge in [-0.15, -0.1) is 11.8 Å². The first kappa shape index (κ1) is 12.5. The number of hydrogen-bond donors (Lipinski definition) is 1. The average Bonchev–Trinajstić information content (AvgIpc) is 2.47. The SMILES string of the molecule is CSc1ccc(CN[C@@H]2CN3CCC2CC3)cc1. The first-order chi connectivity index (χ1) is 8.85. The van der Waals surface area contributed by atoms with Crippen LogP contribution >= 0.6 is 11.8 Å². The zero-order chi connectivity index (χ0) is 12.4. The van der Waals surface area contributed by atoms with Crippen LogP contribution in [0.25, 0.3) is 0 Å². The van der Waals surface area contributed by atoms with E-state index in [4.69, 9.17) is 0 Å². The minimum absolute atomic E-state index is 0.715. The van der Waals surface area contributed by atoms with Gasteiger partial charge in [-0.1, -0.05) is 12.1 Å². The fraction of sp³-hybridized carbons (Fsp3) is 0.600. The fourth-order valence-corrected chi connectivity index (χ4v) is 3.60. The van der Waals surface area contributed by atoms with Crippen molar-refractivity contribution in [2.75, 3.05) is 25.9 Å². The van der Waals surface area contributed by atoms with Gasteiger partial charge >= 0.3 is 0 Å². The normalized spacial score (nSPS) is 30.6. The second-order valence-electron chi connectivity index (χ2n) is 5.47. The largest absolute Gasteiger partial charge is 0.308 e. The molecule has 1 N–H and O–H groups in total. The topological polar surface area (TPSA) is 15.3 Å². The van der Waals surface area contributed by atoms with E-state index >= 15 is 0 Å². The van der Waals surface area contributed by atoms with Crippen LogP contribution in [0, 0.1) is 5.92 Å². The van der Waals surface area contributed by atoms with E-state index in [1.165, 1.54) is 42.9 Å². The van der Waals surface area contributed by atoms with Crippen molar-refractivity contribution in [1.29, 1.82) is 0 Å². The van der Waals surface area contributed by atoms with Gasteiger partial charge in [0.15, 0.2) is 0 Å². The van der Waals surface area contributed by atoms with Gasteiger partial charge in [0.1, 0.15) is 0 Å². The lowest BCUT2D eigenvalue weighted by atomic mass is 9.84. The Morgan fingerprint density at radius 1 is 1.22 bits per heavy atom. The molecule has 4 rings (SSSR count). The molecule has 1 aromatic rings. The molecule has 2 nitrogen and oxygen atoms in total. The molecule has 3 aliphatic rings. The minimum Gasteiger partial charge on any atom is -0.308 e. The van der Waals surface area contributed by atoms with Crippen LogP contribution in [0.4, 0.5) is 0 Å². The van der Waals surface area contributed by atoms with Crippen LogP contribution < -0.4 is 5.32 Å². The van der Waals surface area contributed by atoms with Crippen LogP contribution in [0.1, 0.15) is 18.4 Å². The highest BCUT2D eigenvalue weighted by molar-refractivity contribution is 7.98. The predicted molar refractivity (Wildman–Crippen MR) is 78.0 cm³/mol. The van der Waals surface area contributed by atoms with Gasteiger partial charge in [-0.25, -0.2) is 0 Å². The Morgan fingerprint density at radius 3 is 2.50 bits per heavy atom. The molecule has 3 heteroatoms. The summed E-state index contributed by atoms with van der Waals surface area (Å²) in [5, 5.41) is 3.76. The van der Waals surface area contributed by atoms with Gasteiger partial charge in [0.05, 0.1) is 0 Å². The van der Waals surface area contributed by atoms with Crippen LogP contribution in [0.3, 0.4) is 0 Å². The summed E-state index contributed by atoms with van der Waals surface area (Å²) in [5.41, 5.74) is 1.41. The van der Waals surface area contributed by atoms with Crippen LogP contribution in [-0.4, -0.2) is 36.8 Å². The lowest BCUT2D eigenvalue weighted by Crippen LogP contribution is -2.55. The molecule has 0 aromatic heterocycles. The number of benzene rings is 1. The molecule has 0 radical (unpaired) electrons. The lowest BCUT2D eigenvalue weighted by molar-refractivity contribution is 0.0720. The van der Waals surface area contributed by atoms with Gasteiger partial charge < -0.3 is 10.2 Å². The Kier molecular flexibility index (Phi) is 3.92. The standard InChI is InChI=1S/C15H22N2S/c1-18-14-4-2-12(3-5-14)10-16-15-11-17-8-6-13(15)7-9-17/h2-5,13,15-16H,6-11H2,1H3/t15-/m1/s1. The summed E-state index contributed by atoms with van der Waals surface area (Å²) in [6.45, 7) is 4.92. The van der Waals surface area contributed by atoms with Gasteiger partial charge in [0, 0.05) is 24.0 Å². The highest BCUT2D eigenvalue weighted by Crippen LogP contribution is 2.27. The van der Waals surface area contributed by atoms with Crippen molar-refractivity contribution >= 4 is 11.8 Å². The quantitative estimate of drug-likeness (QED) is 0.840. The number of nitrogens with one attached hydrogen (secondary N) is 1. The predicted octanol–water partition coefficient (Wildman–Crippen LogP) is 2.59. The number of hydrogen-bond acceptors (Lipinski definition) is 3. The number of fused-ring (bicyclic) bond motifs is 3. The maximum absolute atomic E-state index is 3.76. The van der Waals surface area contributed by atoms with Gasteiger partial charge in [0.2, 0.25) is 0 Å². The van der Waals surface area contributed by atoms with Crippen LogP contribution in [0.2, 0.25) is 0 Å². The summed E-state index contributed by atoms with van der Waals surface area (Å²) in [4.78, 5) is 3.95. The van der Waals surface area contributed by atoms with E-state index in [9.17, 15) is 0 Å². The fourth-order valence-electron chi connectivity index (χ4n) is 3.19. The van der Waals surface area contributed by atoms with E-state index in [1.807, 2.05) is 0 Å². The Hall–Kier alpha value is -0.510. The number of nitrogens with zero attached hydrogens (tertiary/aromatic N) is 1. The van der Waals surface area contributed by atoms with Crippen molar-refractivity contribution < 1.29 is 0 Å². The summed E-state index contributed by atoms with van der Waals surface area (Å²) in [7, 11) is 0. The maximum Gasteiger partial charge on any atom is 0.0227 e. The number of thioether (sulfide) groups is 1. The minimum atomic E-state index is 0.715. The molecule has 0 amide bonds. The summed E-state index contributed by atoms with van der Waals surface area (Å²) in [6.07, 6.45) is 4.91. The number of piperidine rings is 3. The molecule has 3 aliphatic heterocycles. The second-order valence-corrected chi connectivity index (χ2v) is 6.35. The molecule has 3 fully saturated rings. The molecule has 0 saturated carbocycles. The summed E-state index contributed by atoms with van der Waals surface area (Å²) >= 11 is 1.81. The Bertz CT molecular complexity index is 382. The van der Waals surface area contributed by atoms with E-state index in [2.05, 4.69) is 40.7 Å². The van der Waals surface area contributed by atoms with Crippen molar-refractivity contribution in [1.82, 2.24) is 10.2 Å². The van der Waals surface area contributed by atoms with Crippen molar-refractivity contribution in [3.63, 3.8) is 0 Å². The van der Waals surface area contributed by atoms with Gasteiger partial charge in [-0.05, 0) is 55.8 Å². The van der Waals surface area contributed by atoms with Gasteiger partial charge in [-0.3, -0.25) is 0 Å². The molecule has 1 atom stereocenters. The molecule has 3 heterocycles. The third kappa shape index (κ3) is 2.73. The first-order valence-electron chi connectivity index (χ1n) is 6.94. The van der Waals surface area contributed by atoms with Gasteiger partial charge in [-0.2, -0.15) is 0 Å². The highest BCUT2D eigenvalue weighted by Gasteiger charge is 2.33. The lowest BCUT2D eigenvalue weighted by Gasteiger charge is -2.45. The number of rotatable bonds is 4. The molecular weight excluding hydrogens is 240 g/mol. The molecule has 0 unspecified atom stereocenters. The molecule has 0 aliphatic carbocycles. The molecule has 0 spiro atoms. The second kappa shape index (κ2) is 5.64. The Labute approximate surface area is 114 Å². The zero-order valence-corrected chi connectivity index (χ0v) is 11.9. The third-order valence-electron chi connectivity index (χ3n) is 4.38. The Balaban J connectivity index is 1.54. The van der Waals surface area contributed by atoms with E-state index < -0.39 is 0 Å². The van der Waals surface area contributed by atoms with Crippen LogP contribution in [0.5, 0.6) is 0 Å². The molecule has 98 valence electrons. The molecule has 3 saturated heterocycles. The van der Waals surface area contributed by atoms with E-state index in [-0.39, 0.29) is 0 Å². The van der Waals surface area contributed by atoms with Gasteiger partial charge in [0.25, 0.3) is 0 Å². The van der Waals surface area contributed by atoms with Crippen LogP contribution in [-0.2, 0) is 6.54 Å². The Morgan fingerprint density at radius 2 is 1.94 bits per heavy atom. The van der Waals surface area contributed by atoms with E-state index in [0.717, 1.165) is 12.5 Å². The third-order valence-corrected chi connectivity index (χ3v) is 5.13. The summed E-state index contributed by atoms with van der Waals surface area (Å²) in [6, 6.07) is 9.66. The average molecular weight is 262 g/mol. The first-order valence-corrected chi connectivity index (χ1v) is 8.16. The molecule has 2 bridgehead atoms. The van der Waals surface area contributed by atoms with Crippen molar-refractivity contribution in [3.05, 3.63) is 29.8 Å². The van der Waals surface area contributed by atoms with Crippen molar-refractivity contribution in [2.24, 2.45) is 5.92 Å². The molecule has 18 heavy (non-hydrogen) atoms. The van der Waals surface area contributed by atoms with Crippen molar-refractivity contribution in [3.8, 4) is 0 Å².